The molecule has 1 atom stereocenters. The molecule has 5 aliphatic rings. The van der Waals surface area contributed by atoms with Crippen molar-refractivity contribution in [3.05, 3.63) is 12.7 Å². The first-order valence-corrected chi connectivity index (χ1v) is 12.7. The quantitative estimate of drug-likeness (QED) is 0.475. The zero-order valence-electron chi connectivity index (χ0n) is 19.3. The number of hydrogen-bond acceptors (Lipinski definition) is 7. The lowest BCUT2D eigenvalue weighted by Crippen LogP contribution is -2.67. The Bertz CT molecular complexity index is 830. The number of rotatable bonds is 7. The van der Waals surface area contributed by atoms with E-state index in [1.807, 2.05) is 0 Å². The normalized spacial score (nSPS) is 30.5. The van der Waals surface area contributed by atoms with Gasteiger partial charge in [0.15, 0.2) is 18.2 Å². The van der Waals surface area contributed by atoms with Crippen molar-refractivity contribution in [1.82, 2.24) is 15.0 Å². The van der Waals surface area contributed by atoms with E-state index < -0.39 is 11.6 Å². The zero-order chi connectivity index (χ0) is 22.9. The van der Waals surface area contributed by atoms with Crippen molar-refractivity contribution in [2.24, 2.45) is 17.8 Å². The predicted molar refractivity (Wildman–Crippen MR) is 120 cm³/mol. The van der Waals surface area contributed by atoms with Crippen LogP contribution in [-0.4, -0.2) is 74.3 Å². The summed E-state index contributed by atoms with van der Waals surface area (Å²) in [5, 5.41) is 14.5. The van der Waals surface area contributed by atoms with E-state index in [9.17, 15) is 14.7 Å². The van der Waals surface area contributed by atoms with Crippen LogP contribution in [0.4, 0.5) is 5.95 Å². The summed E-state index contributed by atoms with van der Waals surface area (Å²) in [6, 6.07) is 0. The van der Waals surface area contributed by atoms with Crippen LogP contribution in [-0.2, 0) is 14.3 Å². The summed E-state index contributed by atoms with van der Waals surface area (Å²) in [6.07, 6.45) is 12.3. The maximum atomic E-state index is 13.6. The highest BCUT2D eigenvalue weighted by molar-refractivity contribution is 5.89. The lowest BCUT2D eigenvalue weighted by molar-refractivity contribution is -0.939. The van der Waals surface area contributed by atoms with Crippen molar-refractivity contribution in [3.63, 3.8) is 0 Å². The van der Waals surface area contributed by atoms with Gasteiger partial charge in [-0.15, -0.1) is 0 Å². The average molecular weight is 459 g/mol. The maximum Gasteiger partial charge on any atom is 0.339 e. The topological polar surface area (TPSA) is 114 Å². The molecule has 3 aliphatic heterocycles. The van der Waals surface area contributed by atoms with Crippen molar-refractivity contribution >= 4 is 17.8 Å². The number of amides is 1. The molecule has 0 unspecified atom stereocenters. The van der Waals surface area contributed by atoms with Gasteiger partial charge in [-0.2, -0.15) is 0 Å². The molecule has 1 amide bonds. The summed E-state index contributed by atoms with van der Waals surface area (Å²) in [5.74, 6) is 0.0676. The third kappa shape index (κ3) is 4.49. The van der Waals surface area contributed by atoms with Gasteiger partial charge < -0.3 is 14.3 Å². The molecular weight excluding hydrogens is 422 g/mol. The second kappa shape index (κ2) is 9.25. The van der Waals surface area contributed by atoms with Gasteiger partial charge in [-0.3, -0.25) is 10.1 Å². The highest BCUT2D eigenvalue weighted by atomic mass is 16.6. The van der Waals surface area contributed by atoms with Gasteiger partial charge in [0.2, 0.25) is 5.95 Å². The van der Waals surface area contributed by atoms with Gasteiger partial charge in [0.25, 0.3) is 5.91 Å². The number of anilines is 1. The van der Waals surface area contributed by atoms with Crippen LogP contribution in [0.1, 0.15) is 64.2 Å². The van der Waals surface area contributed by atoms with E-state index in [1.54, 1.807) is 0 Å². The standard InChI is InChI=1S/C24H35N5O4/c30-21(28-23-26-15-25-16-27-23)14-29-11-9-17(10-12-29)20(13-29)33-22(31)24(32,18-5-1-2-6-18)19-7-3-4-8-19/h15-20,32H,1-14H2/p+1/t17?,20-,29?/m0/s1. The van der Waals surface area contributed by atoms with Gasteiger partial charge in [0.1, 0.15) is 19.2 Å². The van der Waals surface area contributed by atoms with Gasteiger partial charge in [0.05, 0.1) is 13.1 Å². The van der Waals surface area contributed by atoms with Crippen LogP contribution >= 0.6 is 0 Å². The van der Waals surface area contributed by atoms with Crippen molar-refractivity contribution in [3.8, 4) is 0 Å². The molecule has 9 nitrogen and oxygen atoms in total. The number of ether oxygens (including phenoxy) is 1. The molecule has 180 valence electrons. The summed E-state index contributed by atoms with van der Waals surface area (Å²) in [5.41, 5.74) is -1.35. The highest BCUT2D eigenvalue weighted by Crippen LogP contribution is 2.46. The number of piperidine rings is 3. The lowest BCUT2D eigenvalue weighted by atomic mass is 9.74. The minimum atomic E-state index is -1.35. The molecular formula is C24H36N5O4+. The van der Waals surface area contributed by atoms with Crippen molar-refractivity contribution in [2.75, 3.05) is 31.5 Å². The maximum absolute atomic E-state index is 13.6. The summed E-state index contributed by atoms with van der Waals surface area (Å²) in [4.78, 5) is 38.0. The van der Waals surface area contributed by atoms with Gasteiger partial charge in [-0.25, -0.2) is 19.7 Å². The first-order chi connectivity index (χ1) is 16.0. The third-order valence-electron chi connectivity index (χ3n) is 8.81. The van der Waals surface area contributed by atoms with E-state index in [1.165, 1.54) is 12.7 Å². The first-order valence-electron chi connectivity index (χ1n) is 12.7. The number of aliphatic hydroxyl groups is 1. The number of quaternary nitrogens is 1. The predicted octanol–water partition coefficient (Wildman–Crippen LogP) is 2.07. The van der Waals surface area contributed by atoms with Gasteiger partial charge in [0, 0.05) is 18.8 Å². The molecule has 0 spiro atoms. The molecule has 1 aromatic rings. The van der Waals surface area contributed by atoms with Gasteiger partial charge in [-0.1, -0.05) is 25.7 Å². The summed E-state index contributed by atoms with van der Waals surface area (Å²) in [7, 11) is 0. The molecule has 0 aromatic carbocycles. The van der Waals surface area contributed by atoms with Crippen molar-refractivity contribution < 1.29 is 23.9 Å². The molecule has 5 fully saturated rings. The van der Waals surface area contributed by atoms with Gasteiger partial charge in [-0.05, 0) is 37.5 Å². The van der Waals surface area contributed by atoms with Crippen molar-refractivity contribution in [2.45, 2.75) is 75.9 Å². The number of nitrogens with zero attached hydrogens (tertiary/aromatic N) is 4. The summed E-state index contributed by atoms with van der Waals surface area (Å²) < 4.78 is 6.78. The Morgan fingerprint density at radius 2 is 1.58 bits per heavy atom. The SMILES string of the molecule is O=C(C[N+]12CCC(CC1)[C@@H](OC(=O)C(O)(C1CCCC1)C1CCCC1)C2)Nc1ncncn1. The van der Waals surface area contributed by atoms with E-state index in [0.29, 0.717) is 23.5 Å². The second-order valence-electron chi connectivity index (χ2n) is 10.7. The smallest absolute Gasteiger partial charge is 0.339 e. The number of fused-ring (bicyclic) bond motifs is 3. The Morgan fingerprint density at radius 3 is 2.15 bits per heavy atom. The fourth-order valence-electron chi connectivity index (χ4n) is 6.98. The molecule has 0 radical (unpaired) electrons. The van der Waals surface area contributed by atoms with E-state index in [4.69, 9.17) is 4.74 Å². The minimum absolute atomic E-state index is 0.0171. The van der Waals surface area contributed by atoms with E-state index in [0.717, 1.165) is 77.3 Å². The number of carbonyl (C=O) groups excluding carboxylic acids is 2. The highest BCUT2D eigenvalue weighted by Gasteiger charge is 2.55. The van der Waals surface area contributed by atoms with Crippen molar-refractivity contribution in [1.29, 1.82) is 0 Å². The largest absolute Gasteiger partial charge is 0.454 e. The molecule has 2 aliphatic carbocycles. The second-order valence-corrected chi connectivity index (χ2v) is 10.7. The van der Waals surface area contributed by atoms with E-state index in [-0.39, 0.29) is 29.8 Å². The lowest BCUT2D eigenvalue weighted by Gasteiger charge is -2.52. The fourth-order valence-corrected chi connectivity index (χ4v) is 6.98. The van der Waals surface area contributed by atoms with Crippen LogP contribution in [0.15, 0.2) is 12.7 Å². The molecule has 2 saturated carbocycles. The molecule has 3 saturated heterocycles. The van der Waals surface area contributed by atoms with Crippen LogP contribution in [0.25, 0.3) is 0 Å². The molecule has 2 bridgehead atoms. The number of esters is 1. The molecule has 2 N–H and O–H groups in total. The van der Waals surface area contributed by atoms with Gasteiger partial charge >= 0.3 is 5.97 Å². The minimum Gasteiger partial charge on any atom is -0.454 e. The average Bonchev–Trinajstić information content (AvgIpc) is 3.54. The van der Waals surface area contributed by atoms with Crippen LogP contribution in [0.3, 0.4) is 0 Å². The summed E-state index contributed by atoms with van der Waals surface area (Å²) >= 11 is 0. The Kier molecular flexibility index (Phi) is 6.35. The number of hydrogen-bond donors (Lipinski definition) is 2. The Labute approximate surface area is 194 Å². The molecule has 1 aromatic heterocycles. The Morgan fingerprint density at radius 1 is 1.00 bits per heavy atom. The number of aromatic nitrogens is 3. The van der Waals surface area contributed by atoms with Crippen LogP contribution in [0.2, 0.25) is 0 Å². The van der Waals surface area contributed by atoms with E-state index in [2.05, 4.69) is 20.3 Å². The van der Waals surface area contributed by atoms with Crippen LogP contribution in [0, 0.1) is 17.8 Å². The Balaban J connectivity index is 1.26. The number of carbonyl (C=O) groups is 2. The zero-order valence-corrected chi connectivity index (χ0v) is 19.3. The summed E-state index contributed by atoms with van der Waals surface area (Å²) in [6.45, 7) is 2.74. The van der Waals surface area contributed by atoms with E-state index >= 15 is 0 Å². The fraction of sp³-hybridized carbons (Fsp3) is 0.792. The number of nitrogens with one attached hydrogen (secondary N) is 1. The molecule has 6 rings (SSSR count). The monoisotopic (exact) mass is 458 g/mol. The molecule has 4 heterocycles. The third-order valence-corrected chi connectivity index (χ3v) is 8.81. The van der Waals surface area contributed by atoms with Crippen LogP contribution < -0.4 is 5.32 Å². The Hall–Kier alpha value is -2.13. The van der Waals surface area contributed by atoms with Crippen LogP contribution in [0.5, 0.6) is 0 Å². The molecule has 33 heavy (non-hydrogen) atoms. The first kappa shape index (κ1) is 22.7. The molecule has 9 heteroatoms.